The van der Waals surface area contributed by atoms with E-state index in [-0.39, 0.29) is 5.78 Å². The summed E-state index contributed by atoms with van der Waals surface area (Å²) in [4.78, 5) is 11.0. The van der Waals surface area contributed by atoms with E-state index in [1.165, 1.54) is 14.2 Å². The molecule has 4 heteroatoms. The van der Waals surface area contributed by atoms with Crippen LogP contribution in [-0.2, 0) is 0 Å². The molecule has 0 aliphatic heterocycles. The number of nitrogens with zero attached hydrogens (tertiary/aromatic N) is 1. The third-order valence-corrected chi connectivity index (χ3v) is 1.71. The Morgan fingerprint density at radius 2 is 2.31 bits per heavy atom. The fourth-order valence-corrected chi connectivity index (χ4v) is 0.988. The molecular formula is C9H8BN2O. The number of ketones is 1. The van der Waals surface area contributed by atoms with Crippen molar-refractivity contribution in [3.05, 3.63) is 23.8 Å². The molecule has 3 nitrogen and oxygen atoms in total. The average Bonchev–Trinajstić information content (AvgIpc) is 2.08. The molecule has 0 aromatic heterocycles. The summed E-state index contributed by atoms with van der Waals surface area (Å²) in [5.74, 6) is 1.84. The lowest BCUT2D eigenvalue weighted by Crippen LogP contribution is -2.18. The second-order valence-corrected chi connectivity index (χ2v) is 2.67. The lowest BCUT2D eigenvalue weighted by Gasteiger charge is -2.02. The molecular weight excluding hydrogens is 163 g/mol. The largest absolute Gasteiger partial charge is 0.399 e. The molecule has 0 saturated carbocycles. The summed E-state index contributed by atoms with van der Waals surface area (Å²) in [6, 6.07) is 4.88. The molecule has 1 aromatic rings. The van der Waals surface area contributed by atoms with Crippen LogP contribution in [0.4, 0.5) is 5.69 Å². The first-order chi connectivity index (χ1) is 6.15. The van der Waals surface area contributed by atoms with Gasteiger partial charge in [-0.25, -0.2) is 5.26 Å². The van der Waals surface area contributed by atoms with Crippen LogP contribution in [0.2, 0.25) is 0 Å². The van der Waals surface area contributed by atoms with Gasteiger partial charge in [0.1, 0.15) is 0 Å². The SMILES string of the molecule is CC(=O)c1ccc(N)c([B]C#N)c1. The third-order valence-electron chi connectivity index (χ3n) is 1.71. The van der Waals surface area contributed by atoms with Crippen molar-refractivity contribution in [2.45, 2.75) is 6.92 Å². The zero-order valence-corrected chi connectivity index (χ0v) is 7.24. The maximum absolute atomic E-state index is 11.0. The minimum Gasteiger partial charge on any atom is -0.399 e. The van der Waals surface area contributed by atoms with Gasteiger partial charge in [0.05, 0.1) is 0 Å². The molecule has 0 saturated heterocycles. The van der Waals surface area contributed by atoms with Crippen molar-refractivity contribution in [2.24, 2.45) is 0 Å². The quantitative estimate of drug-likeness (QED) is 0.394. The van der Waals surface area contributed by atoms with E-state index in [9.17, 15) is 4.79 Å². The molecule has 0 amide bonds. The topological polar surface area (TPSA) is 66.9 Å². The second-order valence-electron chi connectivity index (χ2n) is 2.67. The molecule has 63 valence electrons. The van der Waals surface area contributed by atoms with Crippen LogP contribution in [0.5, 0.6) is 0 Å². The Balaban J connectivity index is 3.12. The number of nitrogens with two attached hydrogens (primary N) is 1. The predicted octanol–water partition coefficient (Wildman–Crippen LogP) is 0.282. The van der Waals surface area contributed by atoms with Gasteiger partial charge >= 0.3 is 0 Å². The number of rotatable bonds is 2. The second kappa shape index (κ2) is 3.77. The number of carbonyl (C=O) groups is 1. The van der Waals surface area contributed by atoms with Gasteiger partial charge in [-0.3, -0.25) is 4.79 Å². The summed E-state index contributed by atoms with van der Waals surface area (Å²) in [7, 11) is 1.32. The molecule has 1 rings (SSSR count). The molecule has 1 radical (unpaired) electrons. The lowest BCUT2D eigenvalue weighted by molar-refractivity contribution is 0.101. The smallest absolute Gasteiger partial charge is 0.294 e. The van der Waals surface area contributed by atoms with Crippen molar-refractivity contribution in [1.29, 1.82) is 5.26 Å². The number of hydrogen-bond acceptors (Lipinski definition) is 3. The van der Waals surface area contributed by atoms with Crippen LogP contribution in [0, 0.1) is 11.2 Å². The Morgan fingerprint density at radius 1 is 1.62 bits per heavy atom. The monoisotopic (exact) mass is 171 g/mol. The number of benzene rings is 1. The Labute approximate surface area is 77.4 Å². The van der Waals surface area contributed by atoms with Gasteiger partial charge in [0, 0.05) is 17.2 Å². The van der Waals surface area contributed by atoms with Crippen molar-refractivity contribution in [1.82, 2.24) is 0 Å². The third kappa shape index (κ3) is 2.09. The van der Waals surface area contributed by atoms with Crippen molar-refractivity contribution >= 4 is 24.2 Å². The number of nitriles is 1. The van der Waals surface area contributed by atoms with Gasteiger partial charge in [0.2, 0.25) is 0 Å². The zero-order chi connectivity index (χ0) is 9.84. The summed E-state index contributed by atoms with van der Waals surface area (Å²) in [5, 5.41) is 8.43. The lowest BCUT2D eigenvalue weighted by atomic mass is 9.71. The van der Waals surface area contributed by atoms with Crippen LogP contribution >= 0.6 is 0 Å². The molecule has 2 N–H and O–H groups in total. The highest BCUT2D eigenvalue weighted by atomic mass is 16.1. The Kier molecular flexibility index (Phi) is 2.71. The average molecular weight is 171 g/mol. The summed E-state index contributed by atoms with van der Waals surface area (Å²) in [6.07, 6.45) is 0. The first-order valence-electron chi connectivity index (χ1n) is 3.78. The van der Waals surface area contributed by atoms with Crippen LogP contribution in [-0.4, -0.2) is 13.1 Å². The van der Waals surface area contributed by atoms with E-state index >= 15 is 0 Å². The molecule has 0 bridgehead atoms. The molecule has 0 unspecified atom stereocenters. The maximum Gasteiger partial charge on any atom is 0.294 e. The Morgan fingerprint density at radius 3 is 2.85 bits per heavy atom. The van der Waals surface area contributed by atoms with Gasteiger partial charge in [0.25, 0.3) is 7.28 Å². The molecule has 0 heterocycles. The van der Waals surface area contributed by atoms with Crippen molar-refractivity contribution < 1.29 is 4.79 Å². The summed E-state index contributed by atoms with van der Waals surface area (Å²) < 4.78 is 0. The number of anilines is 1. The molecule has 0 aliphatic rings. The normalized spacial score (nSPS) is 8.92. The van der Waals surface area contributed by atoms with Crippen LogP contribution in [0.3, 0.4) is 0 Å². The molecule has 0 spiro atoms. The van der Waals surface area contributed by atoms with Crippen molar-refractivity contribution in [2.75, 3.05) is 5.73 Å². The highest BCUT2D eigenvalue weighted by Crippen LogP contribution is 2.03. The highest BCUT2D eigenvalue weighted by molar-refractivity contribution is 6.62. The van der Waals surface area contributed by atoms with E-state index in [1.807, 2.05) is 5.97 Å². The van der Waals surface area contributed by atoms with Gasteiger partial charge in [0.15, 0.2) is 5.78 Å². The minimum atomic E-state index is -0.0346. The summed E-state index contributed by atoms with van der Waals surface area (Å²) >= 11 is 0. The fourth-order valence-electron chi connectivity index (χ4n) is 0.988. The predicted molar refractivity (Wildman–Crippen MR) is 51.9 cm³/mol. The number of carbonyl (C=O) groups excluding carboxylic acids is 1. The van der Waals surface area contributed by atoms with E-state index in [2.05, 4.69) is 0 Å². The summed E-state index contributed by atoms with van der Waals surface area (Å²) in [6.45, 7) is 1.47. The van der Waals surface area contributed by atoms with Crippen LogP contribution in [0.25, 0.3) is 0 Å². The molecule has 0 fully saturated rings. The van der Waals surface area contributed by atoms with Gasteiger partial charge < -0.3 is 5.73 Å². The molecule has 1 aromatic carbocycles. The molecule has 13 heavy (non-hydrogen) atoms. The number of hydrogen-bond donors (Lipinski definition) is 1. The van der Waals surface area contributed by atoms with E-state index in [0.717, 1.165) is 0 Å². The first kappa shape index (κ1) is 9.33. The zero-order valence-electron chi connectivity index (χ0n) is 7.24. The molecule has 0 atom stereocenters. The maximum atomic E-state index is 11.0. The number of nitrogen functional groups attached to an aromatic ring is 1. The van der Waals surface area contributed by atoms with Crippen LogP contribution in [0.15, 0.2) is 18.2 Å². The first-order valence-corrected chi connectivity index (χ1v) is 3.78. The Bertz CT molecular complexity index is 382. The van der Waals surface area contributed by atoms with E-state index in [0.29, 0.717) is 16.7 Å². The Hall–Kier alpha value is -1.76. The summed E-state index contributed by atoms with van der Waals surface area (Å²) in [5.41, 5.74) is 7.25. The minimum absolute atomic E-state index is 0.0346. The van der Waals surface area contributed by atoms with Gasteiger partial charge in [-0.05, 0) is 24.5 Å². The fraction of sp³-hybridized carbons (Fsp3) is 0.111. The number of Topliss-reactive ketones (excluding diaryl/α,β-unsaturated/α-hetero) is 1. The highest BCUT2D eigenvalue weighted by Gasteiger charge is 2.04. The van der Waals surface area contributed by atoms with E-state index in [1.54, 1.807) is 18.2 Å². The molecule has 0 aliphatic carbocycles. The van der Waals surface area contributed by atoms with Gasteiger partial charge in [-0.1, -0.05) is 6.07 Å². The van der Waals surface area contributed by atoms with Crippen LogP contribution < -0.4 is 11.2 Å². The van der Waals surface area contributed by atoms with Crippen molar-refractivity contribution in [3.63, 3.8) is 0 Å². The van der Waals surface area contributed by atoms with Gasteiger partial charge in [-0.15, -0.1) is 0 Å². The van der Waals surface area contributed by atoms with Gasteiger partial charge in [-0.2, -0.15) is 0 Å². The van der Waals surface area contributed by atoms with E-state index < -0.39 is 0 Å². The van der Waals surface area contributed by atoms with E-state index in [4.69, 9.17) is 11.0 Å². The standard InChI is InChI=1S/C9H8BN2O/c1-6(13)7-2-3-9(12)8(4-7)10-5-11/h2-4H,12H2,1H3. The van der Waals surface area contributed by atoms with Crippen LogP contribution in [0.1, 0.15) is 17.3 Å². The van der Waals surface area contributed by atoms with Crippen molar-refractivity contribution in [3.8, 4) is 5.97 Å².